The zero-order chi connectivity index (χ0) is 20.2. The van der Waals surface area contributed by atoms with Gasteiger partial charge in [-0.1, -0.05) is 98.8 Å². The van der Waals surface area contributed by atoms with Crippen LogP contribution in [0.3, 0.4) is 0 Å². The van der Waals surface area contributed by atoms with Crippen LogP contribution in [-0.2, 0) is 0 Å². The minimum absolute atomic E-state index is 0.430. The van der Waals surface area contributed by atoms with E-state index in [1.807, 2.05) is 0 Å². The summed E-state index contributed by atoms with van der Waals surface area (Å²) in [5.41, 5.74) is 2.59. The van der Waals surface area contributed by atoms with Gasteiger partial charge in [-0.25, -0.2) is 0 Å². The minimum atomic E-state index is 0.430. The van der Waals surface area contributed by atoms with Crippen molar-refractivity contribution in [1.29, 1.82) is 0 Å². The first-order valence-corrected chi connectivity index (χ1v) is 10.8. The van der Waals surface area contributed by atoms with E-state index in [0.717, 1.165) is 6.42 Å². The lowest BCUT2D eigenvalue weighted by Crippen LogP contribution is -2.25. The van der Waals surface area contributed by atoms with E-state index in [1.54, 1.807) is 0 Å². The maximum Gasteiger partial charge on any atom is -0.00727 e. The molecular formula is C29H30. The SMILES string of the molecule is C=CC1CC1C=c1cc(-c2cccc3ccccc23)ccc1=CC(C)C=CCC. The second-order valence-corrected chi connectivity index (χ2v) is 8.20. The van der Waals surface area contributed by atoms with E-state index < -0.39 is 0 Å². The van der Waals surface area contributed by atoms with Gasteiger partial charge in [0.15, 0.2) is 0 Å². The molecule has 4 rings (SSSR count). The molecule has 29 heavy (non-hydrogen) atoms. The molecule has 1 fully saturated rings. The Kier molecular flexibility index (Phi) is 5.81. The summed E-state index contributed by atoms with van der Waals surface area (Å²) in [6.07, 6.45) is 13.8. The van der Waals surface area contributed by atoms with E-state index in [1.165, 1.54) is 38.8 Å². The Bertz CT molecular complexity index is 1160. The van der Waals surface area contributed by atoms with Gasteiger partial charge in [0.2, 0.25) is 0 Å². The van der Waals surface area contributed by atoms with Gasteiger partial charge in [-0.3, -0.25) is 0 Å². The summed E-state index contributed by atoms with van der Waals surface area (Å²) in [5.74, 6) is 1.70. The average Bonchev–Trinajstić information content (AvgIpc) is 3.51. The lowest BCUT2D eigenvalue weighted by Gasteiger charge is -2.08. The highest BCUT2D eigenvalue weighted by atomic mass is 14.4. The van der Waals surface area contributed by atoms with Gasteiger partial charge < -0.3 is 0 Å². The fraction of sp³-hybridized carbons (Fsp3) is 0.241. The van der Waals surface area contributed by atoms with Gasteiger partial charge in [-0.05, 0) is 69.0 Å². The van der Waals surface area contributed by atoms with Crippen LogP contribution in [0.25, 0.3) is 34.1 Å². The zero-order valence-corrected chi connectivity index (χ0v) is 17.5. The van der Waals surface area contributed by atoms with Crippen LogP contribution in [0.4, 0.5) is 0 Å². The van der Waals surface area contributed by atoms with Crippen LogP contribution in [0.5, 0.6) is 0 Å². The van der Waals surface area contributed by atoms with Gasteiger partial charge in [0, 0.05) is 0 Å². The highest BCUT2D eigenvalue weighted by molar-refractivity contribution is 5.96. The molecule has 1 aliphatic carbocycles. The molecule has 0 bridgehead atoms. The van der Waals surface area contributed by atoms with Crippen LogP contribution in [0.2, 0.25) is 0 Å². The van der Waals surface area contributed by atoms with Gasteiger partial charge in [0.25, 0.3) is 0 Å². The monoisotopic (exact) mass is 378 g/mol. The van der Waals surface area contributed by atoms with Crippen molar-refractivity contribution in [1.82, 2.24) is 0 Å². The molecular weight excluding hydrogens is 348 g/mol. The Morgan fingerprint density at radius 2 is 1.83 bits per heavy atom. The normalized spacial score (nSPS) is 21.0. The van der Waals surface area contributed by atoms with Gasteiger partial charge >= 0.3 is 0 Å². The summed E-state index contributed by atoms with van der Waals surface area (Å²) in [6.45, 7) is 8.43. The first-order chi connectivity index (χ1) is 14.2. The van der Waals surface area contributed by atoms with Crippen molar-refractivity contribution in [2.24, 2.45) is 17.8 Å². The average molecular weight is 379 g/mol. The molecule has 3 aromatic rings. The van der Waals surface area contributed by atoms with Crippen molar-refractivity contribution < 1.29 is 0 Å². The fourth-order valence-corrected chi connectivity index (χ4v) is 4.13. The Morgan fingerprint density at radius 1 is 1.00 bits per heavy atom. The van der Waals surface area contributed by atoms with Crippen LogP contribution in [0.1, 0.15) is 26.7 Å². The highest BCUT2D eigenvalue weighted by Gasteiger charge is 2.31. The van der Waals surface area contributed by atoms with Gasteiger partial charge in [-0.15, -0.1) is 6.58 Å². The van der Waals surface area contributed by atoms with Crippen LogP contribution >= 0.6 is 0 Å². The van der Waals surface area contributed by atoms with E-state index in [0.29, 0.717) is 17.8 Å². The molecule has 0 aliphatic heterocycles. The van der Waals surface area contributed by atoms with Crippen molar-refractivity contribution in [2.45, 2.75) is 26.7 Å². The van der Waals surface area contributed by atoms with Gasteiger partial charge in [-0.2, -0.15) is 0 Å². The standard InChI is InChI=1S/C29H30/c1-4-6-10-21(3)17-24-15-16-25(19-27(24)20-26-18-22(26)5-2)29-14-9-12-23-11-7-8-13-28(23)29/h5-17,19-22,26H,2,4,18H2,1,3H3. The Labute approximate surface area is 174 Å². The Balaban J connectivity index is 1.84. The summed E-state index contributed by atoms with van der Waals surface area (Å²) < 4.78 is 0. The van der Waals surface area contributed by atoms with Crippen molar-refractivity contribution in [3.8, 4) is 11.1 Å². The number of benzene rings is 3. The van der Waals surface area contributed by atoms with Gasteiger partial charge in [0.1, 0.15) is 0 Å². The van der Waals surface area contributed by atoms with E-state index >= 15 is 0 Å². The lowest BCUT2D eigenvalue weighted by atomic mass is 9.96. The van der Waals surface area contributed by atoms with Crippen molar-refractivity contribution >= 4 is 22.9 Å². The molecule has 3 unspecified atom stereocenters. The lowest BCUT2D eigenvalue weighted by molar-refractivity contribution is 0.979. The molecule has 3 atom stereocenters. The molecule has 3 aromatic carbocycles. The van der Waals surface area contributed by atoms with Gasteiger partial charge in [0.05, 0.1) is 0 Å². The number of rotatable bonds is 6. The molecule has 0 radical (unpaired) electrons. The second kappa shape index (κ2) is 8.66. The van der Waals surface area contributed by atoms with Crippen LogP contribution < -0.4 is 10.4 Å². The van der Waals surface area contributed by atoms with Crippen LogP contribution in [0, 0.1) is 17.8 Å². The number of fused-ring (bicyclic) bond motifs is 1. The summed E-state index contributed by atoms with van der Waals surface area (Å²) >= 11 is 0. The van der Waals surface area contributed by atoms with Crippen molar-refractivity contribution in [3.05, 3.63) is 95.9 Å². The molecule has 0 nitrogen and oxygen atoms in total. The molecule has 0 amide bonds. The molecule has 1 saturated carbocycles. The third-order valence-corrected chi connectivity index (χ3v) is 5.89. The summed E-state index contributed by atoms with van der Waals surface area (Å²) in [5, 5.41) is 5.28. The van der Waals surface area contributed by atoms with Crippen LogP contribution in [-0.4, -0.2) is 0 Å². The van der Waals surface area contributed by atoms with E-state index in [2.05, 4.69) is 111 Å². The number of hydrogen-bond acceptors (Lipinski definition) is 0. The Hall–Kier alpha value is -2.86. The van der Waals surface area contributed by atoms with E-state index in [-0.39, 0.29) is 0 Å². The zero-order valence-electron chi connectivity index (χ0n) is 17.5. The maximum absolute atomic E-state index is 3.98. The predicted octanol–water partition coefficient (Wildman–Crippen LogP) is 6.49. The molecule has 0 heteroatoms. The summed E-state index contributed by atoms with van der Waals surface area (Å²) in [4.78, 5) is 0. The van der Waals surface area contributed by atoms with E-state index in [4.69, 9.17) is 0 Å². The fourth-order valence-electron chi connectivity index (χ4n) is 4.13. The van der Waals surface area contributed by atoms with E-state index in [9.17, 15) is 0 Å². The number of hydrogen-bond donors (Lipinski definition) is 0. The smallest absolute Gasteiger partial charge is 0.00727 e. The Morgan fingerprint density at radius 3 is 2.62 bits per heavy atom. The molecule has 0 N–H and O–H groups in total. The maximum atomic E-state index is 3.98. The van der Waals surface area contributed by atoms with Crippen molar-refractivity contribution in [2.75, 3.05) is 0 Å². The molecule has 0 heterocycles. The molecule has 0 spiro atoms. The minimum Gasteiger partial charge on any atom is -0.103 e. The topological polar surface area (TPSA) is 0 Å². The molecule has 0 saturated heterocycles. The highest BCUT2D eigenvalue weighted by Crippen LogP contribution is 2.40. The predicted molar refractivity (Wildman–Crippen MR) is 128 cm³/mol. The summed E-state index contributed by atoms with van der Waals surface area (Å²) in [7, 11) is 0. The second-order valence-electron chi connectivity index (χ2n) is 8.20. The van der Waals surface area contributed by atoms with Crippen LogP contribution in [0.15, 0.2) is 85.5 Å². The van der Waals surface area contributed by atoms with Crippen molar-refractivity contribution in [3.63, 3.8) is 0 Å². The molecule has 0 aromatic heterocycles. The third-order valence-electron chi connectivity index (χ3n) is 5.89. The largest absolute Gasteiger partial charge is 0.103 e. The first-order valence-electron chi connectivity index (χ1n) is 10.8. The third kappa shape index (κ3) is 4.43. The number of allylic oxidation sites excluding steroid dienone is 3. The first kappa shape index (κ1) is 19.5. The quantitative estimate of drug-likeness (QED) is 0.430. The molecule has 1 aliphatic rings. The molecule has 146 valence electrons. The summed E-state index contributed by atoms with van der Waals surface area (Å²) in [6, 6.07) is 22.2.